The lowest BCUT2D eigenvalue weighted by atomic mass is 10.0. The fourth-order valence-corrected chi connectivity index (χ4v) is 3.74. The van der Waals surface area contributed by atoms with E-state index < -0.39 is 0 Å². The lowest BCUT2D eigenvalue weighted by molar-refractivity contribution is 0.0322. The maximum absolute atomic E-state index is 14.7. The molecule has 6 heteroatoms. The van der Waals surface area contributed by atoms with Crippen LogP contribution in [-0.2, 0) is 17.7 Å². The van der Waals surface area contributed by atoms with E-state index in [2.05, 4.69) is 33.9 Å². The first-order chi connectivity index (χ1) is 16.2. The number of ether oxygens (including phenoxy) is 2. The van der Waals surface area contributed by atoms with Gasteiger partial charge in [-0.15, -0.1) is 0 Å². The van der Waals surface area contributed by atoms with Gasteiger partial charge >= 0.3 is 0 Å². The summed E-state index contributed by atoms with van der Waals surface area (Å²) in [4.78, 5) is 6.58. The summed E-state index contributed by atoms with van der Waals surface area (Å²) in [5.41, 5.74) is 4.31. The predicted molar refractivity (Wildman–Crippen MR) is 129 cm³/mol. The second-order valence-electron chi connectivity index (χ2n) is 8.12. The molecule has 2 aromatic carbocycles. The van der Waals surface area contributed by atoms with Crippen LogP contribution < -0.4 is 10.1 Å². The van der Waals surface area contributed by atoms with Crippen LogP contribution in [-0.4, -0.2) is 49.3 Å². The smallest absolute Gasteiger partial charge is 0.153 e. The van der Waals surface area contributed by atoms with E-state index in [9.17, 15) is 4.39 Å². The zero-order chi connectivity index (χ0) is 22.9. The molecule has 4 rings (SSSR count). The van der Waals surface area contributed by atoms with Gasteiger partial charge in [-0.3, -0.25) is 4.90 Å². The number of aromatic nitrogens is 1. The van der Waals surface area contributed by atoms with Gasteiger partial charge in [0.05, 0.1) is 19.4 Å². The SMILES string of the molecule is C=C(Cc1ccc(-c2ncc(OCCN3CCOCC3)cc2F)cc1)NCc1ccccc1. The van der Waals surface area contributed by atoms with Crippen molar-refractivity contribution in [3.63, 3.8) is 0 Å². The average molecular weight is 448 g/mol. The third-order valence-corrected chi connectivity index (χ3v) is 5.63. The van der Waals surface area contributed by atoms with Gasteiger partial charge in [-0.2, -0.15) is 0 Å². The Morgan fingerprint density at radius 1 is 1.06 bits per heavy atom. The fraction of sp³-hybridized carbons (Fsp3) is 0.296. The minimum absolute atomic E-state index is 0.322. The van der Waals surface area contributed by atoms with Gasteiger partial charge in [0.15, 0.2) is 5.82 Å². The van der Waals surface area contributed by atoms with Crippen LogP contribution in [0.5, 0.6) is 5.75 Å². The third-order valence-electron chi connectivity index (χ3n) is 5.63. The summed E-state index contributed by atoms with van der Waals surface area (Å²) in [5.74, 6) is 0.0579. The molecule has 0 unspecified atom stereocenters. The minimum Gasteiger partial charge on any atom is -0.491 e. The number of hydrogen-bond acceptors (Lipinski definition) is 5. The Hall–Kier alpha value is -3.22. The molecule has 172 valence electrons. The number of rotatable bonds is 10. The van der Waals surface area contributed by atoms with E-state index in [1.165, 1.54) is 11.6 Å². The van der Waals surface area contributed by atoms with Gasteiger partial charge in [0.2, 0.25) is 0 Å². The summed E-state index contributed by atoms with van der Waals surface area (Å²) in [6, 6.07) is 19.4. The highest BCUT2D eigenvalue weighted by molar-refractivity contribution is 5.60. The topological polar surface area (TPSA) is 46.6 Å². The van der Waals surface area contributed by atoms with Crippen molar-refractivity contribution >= 4 is 0 Å². The number of morpholine rings is 1. The number of nitrogens with zero attached hydrogens (tertiary/aromatic N) is 2. The number of pyridine rings is 1. The molecule has 0 saturated carbocycles. The fourth-order valence-electron chi connectivity index (χ4n) is 3.74. The zero-order valence-corrected chi connectivity index (χ0v) is 18.8. The highest BCUT2D eigenvalue weighted by Gasteiger charge is 2.12. The molecular formula is C27H30FN3O2. The van der Waals surface area contributed by atoms with Gasteiger partial charge < -0.3 is 14.8 Å². The molecule has 0 aliphatic carbocycles. The van der Waals surface area contributed by atoms with Crippen LogP contribution in [0, 0.1) is 5.82 Å². The van der Waals surface area contributed by atoms with E-state index in [4.69, 9.17) is 9.47 Å². The lowest BCUT2D eigenvalue weighted by Gasteiger charge is -2.26. The Balaban J connectivity index is 1.28. The molecule has 1 fully saturated rings. The normalized spacial score (nSPS) is 14.1. The van der Waals surface area contributed by atoms with Crippen molar-refractivity contribution in [3.05, 3.63) is 96.1 Å². The van der Waals surface area contributed by atoms with Crippen molar-refractivity contribution in [1.82, 2.24) is 15.2 Å². The predicted octanol–water partition coefficient (Wildman–Crippen LogP) is 4.44. The summed E-state index contributed by atoms with van der Waals surface area (Å²) < 4.78 is 25.7. The summed E-state index contributed by atoms with van der Waals surface area (Å²) in [6.07, 6.45) is 2.29. The van der Waals surface area contributed by atoms with Gasteiger partial charge in [-0.25, -0.2) is 9.37 Å². The lowest BCUT2D eigenvalue weighted by Crippen LogP contribution is -2.38. The molecule has 0 atom stereocenters. The molecule has 1 N–H and O–H groups in total. The van der Waals surface area contributed by atoms with Crippen molar-refractivity contribution in [2.75, 3.05) is 39.5 Å². The van der Waals surface area contributed by atoms with Crippen molar-refractivity contribution < 1.29 is 13.9 Å². The van der Waals surface area contributed by atoms with Crippen LogP contribution in [0.3, 0.4) is 0 Å². The number of nitrogens with one attached hydrogen (secondary N) is 1. The van der Waals surface area contributed by atoms with Gasteiger partial charge in [-0.1, -0.05) is 61.2 Å². The second-order valence-corrected chi connectivity index (χ2v) is 8.12. The van der Waals surface area contributed by atoms with Crippen LogP contribution in [0.1, 0.15) is 11.1 Å². The molecule has 1 aliphatic heterocycles. The molecule has 0 radical (unpaired) electrons. The first kappa shape index (κ1) is 23.0. The molecule has 0 spiro atoms. The van der Waals surface area contributed by atoms with Crippen LogP contribution in [0.25, 0.3) is 11.3 Å². The van der Waals surface area contributed by atoms with Crippen molar-refractivity contribution in [3.8, 4) is 17.0 Å². The van der Waals surface area contributed by atoms with E-state index in [1.807, 2.05) is 42.5 Å². The van der Waals surface area contributed by atoms with Crippen molar-refractivity contribution in [2.45, 2.75) is 13.0 Å². The van der Waals surface area contributed by atoms with Crippen LogP contribution in [0.4, 0.5) is 4.39 Å². The quantitative estimate of drug-likeness (QED) is 0.498. The minimum atomic E-state index is -0.388. The van der Waals surface area contributed by atoms with Crippen LogP contribution in [0.2, 0.25) is 0 Å². The van der Waals surface area contributed by atoms with E-state index >= 15 is 0 Å². The molecule has 1 aliphatic rings. The zero-order valence-electron chi connectivity index (χ0n) is 18.8. The molecule has 0 bridgehead atoms. The molecule has 2 heterocycles. The first-order valence-corrected chi connectivity index (χ1v) is 11.3. The summed E-state index contributed by atoms with van der Waals surface area (Å²) in [6.45, 7) is 9.46. The van der Waals surface area contributed by atoms with Gasteiger partial charge in [0.1, 0.15) is 18.1 Å². The van der Waals surface area contributed by atoms with E-state index in [0.717, 1.165) is 56.2 Å². The molecule has 33 heavy (non-hydrogen) atoms. The number of hydrogen-bond donors (Lipinski definition) is 1. The molecule has 1 saturated heterocycles. The van der Waals surface area contributed by atoms with Gasteiger partial charge in [0, 0.05) is 49.9 Å². The van der Waals surface area contributed by atoms with Gasteiger partial charge in [0.25, 0.3) is 0 Å². The Kier molecular flexibility index (Phi) is 8.06. The summed E-state index contributed by atoms with van der Waals surface area (Å²) in [5, 5.41) is 3.36. The van der Waals surface area contributed by atoms with Crippen LogP contribution in [0.15, 0.2) is 79.1 Å². The van der Waals surface area contributed by atoms with E-state index in [0.29, 0.717) is 24.5 Å². The Morgan fingerprint density at radius 2 is 1.82 bits per heavy atom. The Morgan fingerprint density at radius 3 is 2.55 bits per heavy atom. The monoisotopic (exact) mass is 447 g/mol. The highest BCUT2D eigenvalue weighted by Crippen LogP contribution is 2.24. The summed E-state index contributed by atoms with van der Waals surface area (Å²) >= 11 is 0. The second kappa shape index (κ2) is 11.6. The third kappa shape index (κ3) is 6.88. The van der Waals surface area contributed by atoms with E-state index in [-0.39, 0.29) is 5.82 Å². The highest BCUT2D eigenvalue weighted by atomic mass is 19.1. The molecule has 0 amide bonds. The molecule has 3 aromatic rings. The van der Waals surface area contributed by atoms with E-state index in [1.54, 1.807) is 6.20 Å². The van der Waals surface area contributed by atoms with Crippen LogP contribution >= 0.6 is 0 Å². The number of halogens is 1. The number of benzene rings is 2. The molecule has 5 nitrogen and oxygen atoms in total. The largest absolute Gasteiger partial charge is 0.491 e. The number of allylic oxidation sites excluding steroid dienone is 1. The standard InChI is InChI=1S/C27H30FN3O2/c1-21(29-19-23-5-3-2-4-6-23)17-22-7-9-24(10-8-22)27-26(28)18-25(20-30-27)33-16-13-31-11-14-32-15-12-31/h2-10,18,20,29H,1,11-17,19H2. The maximum atomic E-state index is 14.7. The molecule has 1 aromatic heterocycles. The average Bonchev–Trinajstić information content (AvgIpc) is 2.85. The summed E-state index contributed by atoms with van der Waals surface area (Å²) in [7, 11) is 0. The van der Waals surface area contributed by atoms with Crippen molar-refractivity contribution in [2.24, 2.45) is 0 Å². The first-order valence-electron chi connectivity index (χ1n) is 11.3. The Labute approximate surface area is 194 Å². The van der Waals surface area contributed by atoms with Crippen molar-refractivity contribution in [1.29, 1.82) is 0 Å². The molecular weight excluding hydrogens is 417 g/mol. The maximum Gasteiger partial charge on any atom is 0.153 e. The Bertz CT molecular complexity index is 1030. The van der Waals surface area contributed by atoms with Gasteiger partial charge in [-0.05, 0) is 11.1 Å².